The van der Waals surface area contributed by atoms with Crippen LogP contribution in [0, 0.1) is 0 Å². The summed E-state index contributed by atoms with van der Waals surface area (Å²) in [7, 11) is 0. The summed E-state index contributed by atoms with van der Waals surface area (Å²) >= 11 is 23.2. The molecule has 0 aliphatic heterocycles. The summed E-state index contributed by atoms with van der Waals surface area (Å²) < 4.78 is 0. The van der Waals surface area contributed by atoms with Gasteiger partial charge in [-0.25, -0.2) is 0 Å². The summed E-state index contributed by atoms with van der Waals surface area (Å²) in [5.74, 6) is 0. The lowest BCUT2D eigenvalue weighted by Crippen LogP contribution is -1.85. The van der Waals surface area contributed by atoms with Crippen LogP contribution in [-0.2, 0) is 0 Å². The summed E-state index contributed by atoms with van der Waals surface area (Å²) in [6.45, 7) is 0. The minimum atomic E-state index is -0.502. The van der Waals surface area contributed by atoms with E-state index in [1.165, 1.54) is 0 Å². The molecule has 2 aromatic carbocycles. The average molecular weight is 294 g/mol. The smallest absolute Gasteiger partial charge is 0.100 e. The van der Waals surface area contributed by atoms with E-state index in [0.717, 1.165) is 21.9 Å². The van der Waals surface area contributed by atoms with Gasteiger partial charge in [-0.2, -0.15) is 0 Å². The van der Waals surface area contributed by atoms with E-state index in [9.17, 15) is 0 Å². The fourth-order valence-corrected chi connectivity index (χ4v) is 2.10. The molecular formula is C12H8Cl4. The van der Waals surface area contributed by atoms with Crippen molar-refractivity contribution >= 4 is 57.2 Å². The van der Waals surface area contributed by atoms with E-state index in [2.05, 4.69) is 0 Å². The van der Waals surface area contributed by atoms with Crippen molar-refractivity contribution in [3.8, 4) is 0 Å². The highest BCUT2D eigenvalue weighted by molar-refractivity contribution is 6.44. The van der Waals surface area contributed by atoms with Crippen molar-refractivity contribution in [2.45, 2.75) is 9.67 Å². The van der Waals surface area contributed by atoms with Gasteiger partial charge in [0.15, 0.2) is 0 Å². The topological polar surface area (TPSA) is 0 Å². The number of alkyl halides is 4. The first-order chi connectivity index (χ1) is 7.58. The SMILES string of the molecule is ClC(Cl)c1ccc2cc(C(Cl)Cl)ccc2c1. The van der Waals surface area contributed by atoms with Crippen LogP contribution in [0.25, 0.3) is 10.8 Å². The van der Waals surface area contributed by atoms with Gasteiger partial charge in [-0.3, -0.25) is 0 Å². The molecule has 0 spiro atoms. The van der Waals surface area contributed by atoms with E-state index in [1.54, 1.807) is 0 Å². The van der Waals surface area contributed by atoms with Gasteiger partial charge in [-0.15, -0.1) is 46.4 Å². The first-order valence-corrected chi connectivity index (χ1v) is 6.42. The predicted molar refractivity (Wildman–Crippen MR) is 72.8 cm³/mol. The lowest BCUT2D eigenvalue weighted by Gasteiger charge is -2.07. The zero-order valence-electron chi connectivity index (χ0n) is 8.13. The maximum atomic E-state index is 5.81. The Labute approximate surface area is 114 Å². The molecule has 0 aliphatic rings. The third-order valence-corrected chi connectivity index (χ3v) is 3.40. The number of rotatable bonds is 2. The largest absolute Gasteiger partial charge is 0.132 e. The molecule has 0 saturated heterocycles. The quantitative estimate of drug-likeness (QED) is 0.615. The normalized spacial score (nSPS) is 11.6. The molecule has 0 saturated carbocycles. The Kier molecular flexibility index (Phi) is 3.86. The second-order valence-corrected chi connectivity index (χ2v) is 5.66. The van der Waals surface area contributed by atoms with Crippen molar-refractivity contribution in [1.82, 2.24) is 0 Å². The first kappa shape index (κ1) is 12.3. The molecule has 0 heterocycles. The van der Waals surface area contributed by atoms with Crippen molar-refractivity contribution in [2.75, 3.05) is 0 Å². The molecule has 0 radical (unpaired) electrons. The maximum Gasteiger partial charge on any atom is 0.132 e. The second kappa shape index (κ2) is 5.01. The molecule has 0 unspecified atom stereocenters. The summed E-state index contributed by atoms with van der Waals surface area (Å²) in [4.78, 5) is -1.00. The first-order valence-electron chi connectivity index (χ1n) is 4.68. The molecule has 0 nitrogen and oxygen atoms in total. The monoisotopic (exact) mass is 292 g/mol. The number of halogens is 4. The van der Waals surface area contributed by atoms with Crippen molar-refractivity contribution in [2.24, 2.45) is 0 Å². The second-order valence-electron chi connectivity index (χ2n) is 3.47. The van der Waals surface area contributed by atoms with E-state index >= 15 is 0 Å². The molecule has 0 amide bonds. The highest BCUT2D eigenvalue weighted by Gasteiger charge is 2.07. The fourth-order valence-electron chi connectivity index (χ4n) is 1.55. The Hall–Kier alpha value is -0.140. The summed E-state index contributed by atoms with van der Waals surface area (Å²) in [5.41, 5.74) is 1.77. The fraction of sp³-hybridized carbons (Fsp3) is 0.167. The molecule has 84 valence electrons. The molecule has 0 N–H and O–H groups in total. The van der Waals surface area contributed by atoms with Crippen LogP contribution in [0.2, 0.25) is 0 Å². The molecule has 2 rings (SSSR count). The van der Waals surface area contributed by atoms with Crippen LogP contribution in [0.15, 0.2) is 36.4 Å². The Morgan fingerprint density at radius 2 is 1.00 bits per heavy atom. The zero-order valence-corrected chi connectivity index (χ0v) is 11.2. The van der Waals surface area contributed by atoms with Gasteiger partial charge in [-0.1, -0.05) is 24.3 Å². The van der Waals surface area contributed by atoms with Gasteiger partial charge in [-0.05, 0) is 34.0 Å². The summed E-state index contributed by atoms with van der Waals surface area (Å²) in [6.07, 6.45) is 0. The van der Waals surface area contributed by atoms with E-state index in [-0.39, 0.29) is 0 Å². The van der Waals surface area contributed by atoms with E-state index in [4.69, 9.17) is 46.4 Å². The Morgan fingerprint density at radius 3 is 1.31 bits per heavy atom. The minimum absolute atomic E-state index is 0.502. The third kappa shape index (κ3) is 2.57. The summed E-state index contributed by atoms with van der Waals surface area (Å²) in [5, 5.41) is 2.14. The van der Waals surface area contributed by atoms with Gasteiger partial charge in [0.1, 0.15) is 9.67 Å². The molecular weight excluding hydrogens is 286 g/mol. The molecule has 2 aromatic rings. The lowest BCUT2D eigenvalue weighted by molar-refractivity contribution is 1.35. The lowest BCUT2D eigenvalue weighted by atomic mass is 10.1. The zero-order chi connectivity index (χ0) is 11.7. The maximum absolute atomic E-state index is 5.81. The van der Waals surface area contributed by atoms with Crippen molar-refractivity contribution < 1.29 is 0 Å². The van der Waals surface area contributed by atoms with Crippen LogP contribution in [0.5, 0.6) is 0 Å². The molecule has 0 atom stereocenters. The number of hydrogen-bond donors (Lipinski definition) is 0. The van der Waals surface area contributed by atoms with Crippen LogP contribution < -0.4 is 0 Å². The van der Waals surface area contributed by atoms with Gasteiger partial charge >= 0.3 is 0 Å². The average Bonchev–Trinajstić information content (AvgIpc) is 2.27. The van der Waals surface area contributed by atoms with Gasteiger partial charge in [0.05, 0.1) is 0 Å². The van der Waals surface area contributed by atoms with Crippen LogP contribution >= 0.6 is 46.4 Å². The summed E-state index contributed by atoms with van der Waals surface area (Å²) in [6, 6.07) is 11.6. The molecule has 0 aromatic heterocycles. The Balaban J connectivity index is 2.53. The van der Waals surface area contributed by atoms with Gasteiger partial charge in [0.25, 0.3) is 0 Å². The molecule has 0 fully saturated rings. The highest BCUT2D eigenvalue weighted by atomic mass is 35.5. The van der Waals surface area contributed by atoms with E-state index in [1.807, 2.05) is 36.4 Å². The molecule has 16 heavy (non-hydrogen) atoms. The Morgan fingerprint density at radius 1 is 0.625 bits per heavy atom. The highest BCUT2D eigenvalue weighted by Crippen LogP contribution is 2.31. The van der Waals surface area contributed by atoms with Crippen LogP contribution in [0.3, 0.4) is 0 Å². The van der Waals surface area contributed by atoms with Crippen LogP contribution in [-0.4, -0.2) is 0 Å². The van der Waals surface area contributed by atoms with Gasteiger partial charge in [0.2, 0.25) is 0 Å². The van der Waals surface area contributed by atoms with E-state index < -0.39 is 9.67 Å². The van der Waals surface area contributed by atoms with Gasteiger partial charge < -0.3 is 0 Å². The number of hydrogen-bond acceptors (Lipinski definition) is 0. The van der Waals surface area contributed by atoms with Crippen molar-refractivity contribution in [3.63, 3.8) is 0 Å². The third-order valence-electron chi connectivity index (χ3n) is 2.39. The molecule has 4 heteroatoms. The predicted octanol–water partition coefficient (Wildman–Crippen LogP) is 5.79. The van der Waals surface area contributed by atoms with Crippen molar-refractivity contribution in [3.05, 3.63) is 47.5 Å². The van der Waals surface area contributed by atoms with Gasteiger partial charge in [0, 0.05) is 0 Å². The molecule has 0 aliphatic carbocycles. The Bertz CT molecular complexity index is 458. The number of benzene rings is 2. The minimum Gasteiger partial charge on any atom is -0.100 e. The van der Waals surface area contributed by atoms with Crippen molar-refractivity contribution in [1.29, 1.82) is 0 Å². The van der Waals surface area contributed by atoms with Crippen LogP contribution in [0.4, 0.5) is 0 Å². The standard InChI is InChI=1S/C12H8Cl4/c13-11(14)9-3-1-7-5-10(12(15)16)4-2-8(7)6-9/h1-6,11-12H. The van der Waals surface area contributed by atoms with E-state index in [0.29, 0.717) is 0 Å². The number of fused-ring (bicyclic) bond motifs is 1. The molecule has 0 bridgehead atoms. The van der Waals surface area contributed by atoms with Crippen LogP contribution in [0.1, 0.15) is 20.8 Å².